The molecular formula is C25H44S3. The highest BCUT2D eigenvalue weighted by molar-refractivity contribution is 7.82. The molecule has 0 N–H and O–H groups in total. The average molecular weight is 441 g/mol. The van der Waals surface area contributed by atoms with Gasteiger partial charge in [0.15, 0.2) is 0 Å². The number of fused-ring (bicyclic) bond motifs is 5. The molecule has 0 aromatic heterocycles. The third-order valence-corrected chi connectivity index (χ3v) is 11.8. The van der Waals surface area contributed by atoms with Gasteiger partial charge in [-0.1, -0.05) is 39.5 Å². The largest absolute Gasteiger partial charge is 0.179 e. The van der Waals surface area contributed by atoms with Crippen LogP contribution in [0, 0.1) is 47.3 Å². The van der Waals surface area contributed by atoms with E-state index in [9.17, 15) is 0 Å². The summed E-state index contributed by atoms with van der Waals surface area (Å²) in [6.45, 7) is 4.77. The Morgan fingerprint density at radius 1 is 0.857 bits per heavy atom. The third kappa shape index (κ3) is 4.08. The van der Waals surface area contributed by atoms with Crippen molar-refractivity contribution in [2.24, 2.45) is 47.3 Å². The van der Waals surface area contributed by atoms with Gasteiger partial charge in [0.2, 0.25) is 0 Å². The van der Waals surface area contributed by atoms with E-state index in [1.807, 2.05) is 0 Å². The third-order valence-electron chi connectivity index (χ3n) is 10.0. The molecule has 0 amide bonds. The maximum Gasteiger partial charge on any atom is 0.0191 e. The van der Waals surface area contributed by atoms with Crippen molar-refractivity contribution in [3.8, 4) is 0 Å². The molecule has 0 saturated heterocycles. The highest BCUT2D eigenvalue weighted by atomic mass is 32.1. The molecule has 4 saturated carbocycles. The topological polar surface area (TPSA) is 0 Å². The van der Waals surface area contributed by atoms with Crippen molar-refractivity contribution in [3.05, 3.63) is 0 Å². The summed E-state index contributed by atoms with van der Waals surface area (Å²) in [6, 6.07) is 0. The zero-order valence-corrected chi connectivity index (χ0v) is 20.9. The Kier molecular flexibility index (Phi) is 7.37. The molecule has 3 heteroatoms. The fourth-order valence-corrected chi connectivity index (χ4v) is 10.2. The van der Waals surface area contributed by atoms with Crippen molar-refractivity contribution < 1.29 is 0 Å². The Bertz CT molecular complexity index is 520. The van der Waals surface area contributed by atoms with Crippen LogP contribution in [0.5, 0.6) is 0 Å². The SMILES string of the molecule is CC(S)C(CS)CCC(C)C1CCC2C3CCC4CCCCC4C3CCC12S. The Morgan fingerprint density at radius 2 is 1.64 bits per heavy atom. The summed E-state index contributed by atoms with van der Waals surface area (Å²) in [5.41, 5.74) is 0. The van der Waals surface area contributed by atoms with E-state index < -0.39 is 0 Å². The summed E-state index contributed by atoms with van der Waals surface area (Å²) in [5, 5.41) is 0.465. The van der Waals surface area contributed by atoms with Crippen molar-refractivity contribution in [1.29, 1.82) is 0 Å². The van der Waals surface area contributed by atoms with Gasteiger partial charge in [0.05, 0.1) is 0 Å². The van der Waals surface area contributed by atoms with Crippen LogP contribution in [-0.2, 0) is 0 Å². The molecule has 0 aromatic carbocycles. The van der Waals surface area contributed by atoms with Gasteiger partial charge in [0, 0.05) is 10.00 Å². The zero-order chi connectivity index (χ0) is 19.9. The van der Waals surface area contributed by atoms with Gasteiger partial charge in [0.1, 0.15) is 0 Å². The van der Waals surface area contributed by atoms with E-state index in [-0.39, 0.29) is 0 Å². The van der Waals surface area contributed by atoms with Crippen molar-refractivity contribution in [2.75, 3.05) is 5.75 Å². The predicted molar refractivity (Wildman–Crippen MR) is 133 cm³/mol. The second-order valence-electron chi connectivity index (χ2n) is 11.2. The summed E-state index contributed by atoms with van der Waals surface area (Å²) in [5.74, 6) is 8.40. The first kappa shape index (κ1) is 22.3. The molecule has 0 nitrogen and oxygen atoms in total. The second kappa shape index (κ2) is 9.27. The molecule has 10 unspecified atom stereocenters. The predicted octanol–water partition coefficient (Wildman–Crippen LogP) is 7.59. The number of hydrogen-bond donors (Lipinski definition) is 3. The molecule has 0 radical (unpaired) electrons. The quantitative estimate of drug-likeness (QED) is 0.348. The lowest BCUT2D eigenvalue weighted by atomic mass is 9.53. The van der Waals surface area contributed by atoms with Crippen LogP contribution in [0.4, 0.5) is 0 Å². The van der Waals surface area contributed by atoms with Crippen LogP contribution in [0.25, 0.3) is 0 Å². The molecule has 4 rings (SSSR count). The summed E-state index contributed by atoms with van der Waals surface area (Å²) < 4.78 is 0.338. The lowest BCUT2D eigenvalue weighted by molar-refractivity contribution is -0.0175. The monoisotopic (exact) mass is 440 g/mol. The molecule has 4 aliphatic rings. The van der Waals surface area contributed by atoms with Crippen LogP contribution in [0.2, 0.25) is 0 Å². The smallest absolute Gasteiger partial charge is 0.0191 e. The molecule has 0 spiro atoms. The number of rotatable bonds is 6. The molecule has 0 aromatic rings. The van der Waals surface area contributed by atoms with E-state index >= 15 is 0 Å². The van der Waals surface area contributed by atoms with Gasteiger partial charge in [-0.25, -0.2) is 0 Å². The van der Waals surface area contributed by atoms with Gasteiger partial charge in [-0.05, 0) is 104 Å². The number of hydrogen-bond acceptors (Lipinski definition) is 3. The Hall–Kier alpha value is 1.05. The summed E-state index contributed by atoms with van der Waals surface area (Å²) in [4.78, 5) is 0. The van der Waals surface area contributed by atoms with Gasteiger partial charge in [0.25, 0.3) is 0 Å². The molecular weight excluding hydrogens is 396 g/mol. The fraction of sp³-hybridized carbons (Fsp3) is 1.00. The molecule has 10 atom stereocenters. The molecule has 0 aliphatic heterocycles. The van der Waals surface area contributed by atoms with Crippen LogP contribution < -0.4 is 0 Å². The second-order valence-corrected chi connectivity index (χ2v) is 13.2. The lowest BCUT2D eigenvalue weighted by Crippen LogP contribution is -2.51. The Morgan fingerprint density at radius 3 is 2.39 bits per heavy atom. The Labute approximate surface area is 191 Å². The Balaban J connectivity index is 1.41. The van der Waals surface area contributed by atoms with Gasteiger partial charge in [-0.2, -0.15) is 37.9 Å². The van der Waals surface area contributed by atoms with Crippen molar-refractivity contribution in [3.63, 3.8) is 0 Å². The highest BCUT2D eigenvalue weighted by Gasteiger charge is 2.58. The zero-order valence-electron chi connectivity index (χ0n) is 18.2. The average Bonchev–Trinajstić information content (AvgIpc) is 3.05. The fourth-order valence-electron chi connectivity index (χ4n) is 8.45. The van der Waals surface area contributed by atoms with Gasteiger partial charge >= 0.3 is 0 Å². The lowest BCUT2D eigenvalue weighted by Gasteiger charge is -2.55. The van der Waals surface area contributed by atoms with E-state index in [2.05, 4.69) is 26.5 Å². The van der Waals surface area contributed by atoms with E-state index in [0.717, 1.165) is 47.2 Å². The van der Waals surface area contributed by atoms with Crippen LogP contribution in [0.1, 0.15) is 90.9 Å². The first-order valence-electron chi connectivity index (χ1n) is 12.5. The highest BCUT2D eigenvalue weighted by Crippen LogP contribution is 2.64. The van der Waals surface area contributed by atoms with Crippen LogP contribution in [0.15, 0.2) is 0 Å². The minimum absolute atomic E-state index is 0.338. The van der Waals surface area contributed by atoms with Crippen LogP contribution in [0.3, 0.4) is 0 Å². The summed E-state index contributed by atoms with van der Waals surface area (Å²) >= 11 is 14.8. The molecule has 0 heterocycles. The maximum absolute atomic E-state index is 5.55. The van der Waals surface area contributed by atoms with Gasteiger partial charge in [-0.15, -0.1) is 0 Å². The van der Waals surface area contributed by atoms with E-state index in [4.69, 9.17) is 25.3 Å². The molecule has 4 aliphatic carbocycles. The van der Waals surface area contributed by atoms with Gasteiger partial charge in [-0.3, -0.25) is 0 Å². The van der Waals surface area contributed by atoms with Crippen LogP contribution >= 0.6 is 37.9 Å². The summed E-state index contributed by atoms with van der Waals surface area (Å²) in [7, 11) is 0. The van der Waals surface area contributed by atoms with Crippen molar-refractivity contribution in [2.45, 2.75) is 101 Å². The minimum Gasteiger partial charge on any atom is -0.179 e. The molecule has 162 valence electrons. The van der Waals surface area contributed by atoms with E-state index in [0.29, 0.717) is 15.9 Å². The number of thiol groups is 3. The first-order valence-corrected chi connectivity index (χ1v) is 14.1. The first-order chi connectivity index (χ1) is 13.5. The van der Waals surface area contributed by atoms with Crippen LogP contribution in [-0.4, -0.2) is 15.7 Å². The van der Waals surface area contributed by atoms with E-state index in [1.54, 1.807) is 12.8 Å². The maximum atomic E-state index is 5.55. The summed E-state index contributed by atoms with van der Waals surface area (Å²) in [6.07, 6.45) is 17.6. The molecule has 28 heavy (non-hydrogen) atoms. The molecule has 4 fully saturated rings. The minimum atomic E-state index is 0.338. The van der Waals surface area contributed by atoms with Crippen molar-refractivity contribution >= 4 is 37.9 Å². The van der Waals surface area contributed by atoms with Crippen molar-refractivity contribution in [1.82, 2.24) is 0 Å². The normalized spacial score (nSPS) is 46.2. The van der Waals surface area contributed by atoms with E-state index in [1.165, 1.54) is 64.2 Å². The standard InChI is InChI=1S/C25H44S3/c1-16(7-8-19(15-26)17(2)27)23-11-12-24-22-10-9-18-5-3-4-6-20(18)21(22)13-14-25(23,24)28/h16-24,26-28H,3-15H2,1-2H3. The molecule has 0 bridgehead atoms. The van der Waals surface area contributed by atoms with Gasteiger partial charge < -0.3 is 0 Å².